The number of phenolic OH excluding ortho intramolecular Hbond substituents is 3. The summed E-state index contributed by atoms with van der Waals surface area (Å²) in [6.45, 7) is -0.241. The van der Waals surface area contributed by atoms with Gasteiger partial charge >= 0.3 is 0 Å². The van der Waals surface area contributed by atoms with E-state index < -0.39 is 36.8 Å². The summed E-state index contributed by atoms with van der Waals surface area (Å²) < 4.78 is 16.5. The largest absolute Gasteiger partial charge is 0.507 e. The Kier molecular flexibility index (Phi) is 5.35. The lowest BCUT2D eigenvalue weighted by Crippen LogP contribution is -2.54. The Labute approximate surface area is 170 Å². The molecular formula is C20H22O10. The first-order chi connectivity index (χ1) is 14.2. The fourth-order valence-corrected chi connectivity index (χ4v) is 3.54. The van der Waals surface area contributed by atoms with Crippen LogP contribution in [0.5, 0.6) is 28.7 Å². The molecule has 0 aliphatic carbocycles. The van der Waals surface area contributed by atoms with Crippen molar-refractivity contribution in [2.45, 2.75) is 43.2 Å². The highest BCUT2D eigenvalue weighted by Gasteiger charge is 2.39. The number of aromatic hydroxyl groups is 3. The average Bonchev–Trinajstić information content (AvgIpc) is 2.71. The van der Waals surface area contributed by atoms with Gasteiger partial charge in [-0.25, -0.2) is 0 Å². The lowest BCUT2D eigenvalue weighted by Gasteiger charge is -2.35. The van der Waals surface area contributed by atoms with Gasteiger partial charge in [-0.3, -0.25) is 0 Å². The first-order valence-electron chi connectivity index (χ1n) is 9.29. The Hall–Kier alpha value is -2.76. The zero-order valence-electron chi connectivity index (χ0n) is 15.6. The van der Waals surface area contributed by atoms with Crippen molar-refractivity contribution >= 4 is 0 Å². The van der Waals surface area contributed by atoms with Crippen LogP contribution < -0.4 is 9.47 Å². The van der Waals surface area contributed by atoms with Crippen LogP contribution in [0.25, 0.3) is 0 Å². The second-order valence-electron chi connectivity index (χ2n) is 7.35. The van der Waals surface area contributed by atoms with Gasteiger partial charge in [0.25, 0.3) is 0 Å². The van der Waals surface area contributed by atoms with Gasteiger partial charge in [0.2, 0.25) is 6.29 Å². The molecule has 0 aromatic heterocycles. The molecule has 6 atom stereocenters. The molecule has 10 heteroatoms. The Morgan fingerprint density at radius 2 is 1.60 bits per heavy atom. The third-order valence-electron chi connectivity index (χ3n) is 5.21. The highest BCUT2D eigenvalue weighted by atomic mass is 16.7. The van der Waals surface area contributed by atoms with Crippen LogP contribution in [0.15, 0.2) is 30.3 Å². The molecule has 2 aromatic rings. The number of hydrogen-bond acceptors (Lipinski definition) is 10. The van der Waals surface area contributed by atoms with Gasteiger partial charge in [0.15, 0.2) is 11.5 Å². The second kappa shape index (κ2) is 7.82. The summed E-state index contributed by atoms with van der Waals surface area (Å²) in [6.07, 6.45) is -7.34. The van der Waals surface area contributed by atoms with Crippen LogP contribution >= 0.6 is 0 Å². The lowest BCUT2D eigenvalue weighted by atomic mass is 9.94. The minimum atomic E-state index is -1.51. The van der Waals surface area contributed by atoms with Gasteiger partial charge in [-0.15, -0.1) is 0 Å². The molecular weight excluding hydrogens is 400 g/mol. The zero-order valence-corrected chi connectivity index (χ0v) is 15.6. The van der Waals surface area contributed by atoms with E-state index in [1.807, 2.05) is 0 Å². The molecule has 0 radical (unpaired) electrons. The maximum atomic E-state index is 10.5. The van der Waals surface area contributed by atoms with Crippen molar-refractivity contribution < 1.29 is 50.0 Å². The highest BCUT2D eigenvalue weighted by molar-refractivity contribution is 5.52. The minimum absolute atomic E-state index is 0.0568. The maximum absolute atomic E-state index is 10.5. The van der Waals surface area contributed by atoms with E-state index in [0.717, 1.165) is 0 Å². The second-order valence-corrected chi connectivity index (χ2v) is 7.35. The monoisotopic (exact) mass is 422 g/mol. The predicted octanol–water partition coefficient (Wildman–Crippen LogP) is -0.342. The number of hydrogen-bond donors (Lipinski definition) is 7. The van der Waals surface area contributed by atoms with Gasteiger partial charge in [-0.2, -0.15) is 0 Å². The van der Waals surface area contributed by atoms with E-state index in [-0.39, 0.29) is 41.8 Å². The van der Waals surface area contributed by atoms with Crippen molar-refractivity contribution in [3.8, 4) is 28.7 Å². The molecule has 162 valence electrons. The van der Waals surface area contributed by atoms with Crippen LogP contribution in [0.3, 0.4) is 0 Å². The Bertz CT molecular complexity index is 932. The van der Waals surface area contributed by atoms with Gasteiger partial charge in [0, 0.05) is 24.1 Å². The first-order valence-corrected chi connectivity index (χ1v) is 9.29. The molecule has 2 aromatic carbocycles. The number of rotatable bonds is 3. The third kappa shape index (κ3) is 3.71. The average molecular weight is 422 g/mol. The summed E-state index contributed by atoms with van der Waals surface area (Å²) in [5, 5.41) is 69.3. The smallest absolute Gasteiger partial charge is 0.228 e. The van der Waals surface area contributed by atoms with Crippen molar-refractivity contribution in [2.75, 3.05) is 6.61 Å². The van der Waals surface area contributed by atoms with Crippen molar-refractivity contribution in [3.05, 3.63) is 41.5 Å². The molecule has 10 nitrogen and oxygen atoms in total. The molecule has 30 heavy (non-hydrogen) atoms. The molecule has 2 aliphatic heterocycles. The van der Waals surface area contributed by atoms with Crippen LogP contribution in [-0.4, -0.2) is 73.1 Å². The number of benzene rings is 2. The molecule has 0 amide bonds. The molecule has 0 bridgehead atoms. The third-order valence-corrected chi connectivity index (χ3v) is 5.21. The molecule has 0 spiro atoms. The molecule has 4 rings (SSSR count). The number of fused-ring (bicyclic) bond motifs is 1. The fourth-order valence-electron chi connectivity index (χ4n) is 3.54. The van der Waals surface area contributed by atoms with Gasteiger partial charge in [-0.1, -0.05) is 6.07 Å². The van der Waals surface area contributed by atoms with Crippen LogP contribution in [0.1, 0.15) is 17.2 Å². The van der Waals surface area contributed by atoms with Gasteiger partial charge in [0.1, 0.15) is 41.7 Å². The first kappa shape index (κ1) is 20.5. The van der Waals surface area contributed by atoms with Crippen LogP contribution in [0.4, 0.5) is 0 Å². The van der Waals surface area contributed by atoms with E-state index in [2.05, 4.69) is 0 Å². The molecule has 0 saturated carbocycles. The van der Waals surface area contributed by atoms with Crippen molar-refractivity contribution in [1.82, 2.24) is 0 Å². The van der Waals surface area contributed by atoms with E-state index in [0.29, 0.717) is 11.1 Å². The predicted molar refractivity (Wildman–Crippen MR) is 99.3 cm³/mol. The number of aliphatic hydroxyl groups excluding tert-OH is 4. The molecule has 1 fully saturated rings. The van der Waals surface area contributed by atoms with E-state index in [1.165, 1.54) is 30.3 Å². The number of ether oxygens (including phenoxy) is 3. The molecule has 7 N–H and O–H groups in total. The SMILES string of the molecule is Oc1ccc(C2Oc3cc(OC4OC[C@H](O)[C@H](O)[C@H]4O)cc(O)c3CC2O)cc1O. The fraction of sp³-hybridized carbons (Fsp3) is 0.400. The number of aliphatic hydroxyl groups is 4. The molecule has 1 saturated heterocycles. The molecule has 3 unspecified atom stereocenters. The molecule has 2 heterocycles. The Morgan fingerprint density at radius 1 is 0.833 bits per heavy atom. The van der Waals surface area contributed by atoms with E-state index in [1.54, 1.807) is 0 Å². The molecule has 2 aliphatic rings. The summed E-state index contributed by atoms with van der Waals surface area (Å²) >= 11 is 0. The summed E-state index contributed by atoms with van der Waals surface area (Å²) in [6, 6.07) is 6.73. The van der Waals surface area contributed by atoms with Gasteiger partial charge in [0.05, 0.1) is 12.7 Å². The van der Waals surface area contributed by atoms with Crippen molar-refractivity contribution in [3.63, 3.8) is 0 Å². The summed E-state index contributed by atoms with van der Waals surface area (Å²) in [5.41, 5.74) is 0.757. The maximum Gasteiger partial charge on any atom is 0.228 e. The van der Waals surface area contributed by atoms with Gasteiger partial charge in [-0.05, 0) is 17.7 Å². The van der Waals surface area contributed by atoms with E-state index in [4.69, 9.17) is 14.2 Å². The van der Waals surface area contributed by atoms with Crippen molar-refractivity contribution in [2.24, 2.45) is 0 Å². The van der Waals surface area contributed by atoms with E-state index in [9.17, 15) is 35.7 Å². The minimum Gasteiger partial charge on any atom is -0.507 e. The summed E-state index contributed by atoms with van der Waals surface area (Å²) in [7, 11) is 0. The summed E-state index contributed by atoms with van der Waals surface area (Å²) in [4.78, 5) is 0. The highest BCUT2D eigenvalue weighted by Crippen LogP contribution is 2.43. The Morgan fingerprint density at radius 3 is 2.33 bits per heavy atom. The van der Waals surface area contributed by atoms with Crippen LogP contribution in [0, 0.1) is 0 Å². The quantitative estimate of drug-likeness (QED) is 0.325. The Balaban J connectivity index is 1.58. The normalized spacial score (nSPS) is 30.9. The van der Waals surface area contributed by atoms with Crippen molar-refractivity contribution in [1.29, 1.82) is 0 Å². The van der Waals surface area contributed by atoms with Crippen LogP contribution in [0.2, 0.25) is 0 Å². The standard InChI is InChI=1S/C20H22O10/c21-11-2-1-8(3-13(11)23)19-14(24)6-10-12(22)4-9(5-16(10)30-19)29-20-18(27)17(26)15(25)7-28-20/h1-5,14-15,17-27H,6-7H2/t14?,15-,17-,18+,19?,20?/m0/s1. The van der Waals surface area contributed by atoms with Crippen LogP contribution in [-0.2, 0) is 11.2 Å². The topological polar surface area (TPSA) is 169 Å². The van der Waals surface area contributed by atoms with E-state index >= 15 is 0 Å². The summed E-state index contributed by atoms with van der Waals surface area (Å²) in [5.74, 6) is -0.602. The number of phenols is 3. The van der Waals surface area contributed by atoms with Gasteiger partial charge < -0.3 is 50.0 Å². The zero-order chi connectivity index (χ0) is 21.6. The lowest BCUT2D eigenvalue weighted by molar-refractivity contribution is -0.242.